The number of amides is 1. The summed E-state index contributed by atoms with van der Waals surface area (Å²) in [5.41, 5.74) is 8.42. The zero-order valence-corrected chi connectivity index (χ0v) is 12.6. The highest BCUT2D eigenvalue weighted by atomic mass is 16.2. The number of rotatable bonds is 4. The first-order valence-electron chi connectivity index (χ1n) is 7.72. The third-order valence-corrected chi connectivity index (χ3v) is 4.27. The Hall–Kier alpha value is -2.20. The topological polar surface area (TPSA) is 59.2 Å². The van der Waals surface area contributed by atoms with E-state index in [0.29, 0.717) is 25.9 Å². The molecule has 0 spiro atoms. The first-order chi connectivity index (χ1) is 10.7. The van der Waals surface area contributed by atoms with Gasteiger partial charge in [-0.3, -0.25) is 9.78 Å². The Morgan fingerprint density at radius 2 is 1.91 bits per heavy atom. The molecule has 4 nitrogen and oxygen atoms in total. The van der Waals surface area contributed by atoms with Gasteiger partial charge in [-0.1, -0.05) is 36.4 Å². The lowest BCUT2D eigenvalue weighted by Crippen LogP contribution is -2.32. The molecule has 1 aromatic carbocycles. The smallest absolute Gasteiger partial charge is 0.223 e. The summed E-state index contributed by atoms with van der Waals surface area (Å²) in [4.78, 5) is 18.5. The van der Waals surface area contributed by atoms with Crippen LogP contribution in [-0.4, -0.2) is 34.9 Å². The fraction of sp³-hybridized carbons (Fsp3) is 0.333. The van der Waals surface area contributed by atoms with Gasteiger partial charge >= 0.3 is 0 Å². The number of hydrogen-bond donors (Lipinski definition) is 1. The van der Waals surface area contributed by atoms with Crippen molar-refractivity contribution in [3.05, 3.63) is 66.0 Å². The van der Waals surface area contributed by atoms with Crippen LogP contribution < -0.4 is 5.73 Å². The number of aromatic nitrogens is 1. The zero-order chi connectivity index (χ0) is 15.4. The van der Waals surface area contributed by atoms with Crippen molar-refractivity contribution in [3.63, 3.8) is 0 Å². The van der Waals surface area contributed by atoms with E-state index >= 15 is 0 Å². The lowest BCUT2D eigenvalue weighted by molar-refractivity contribution is -0.130. The van der Waals surface area contributed by atoms with Crippen molar-refractivity contribution in [2.75, 3.05) is 13.1 Å². The van der Waals surface area contributed by atoms with Crippen molar-refractivity contribution in [1.29, 1.82) is 0 Å². The molecule has 22 heavy (non-hydrogen) atoms. The van der Waals surface area contributed by atoms with Crippen LogP contribution in [0.15, 0.2) is 54.7 Å². The van der Waals surface area contributed by atoms with Crippen LogP contribution in [-0.2, 0) is 11.2 Å². The molecule has 0 unspecified atom stereocenters. The molecule has 2 N–H and O–H groups in total. The fourth-order valence-electron chi connectivity index (χ4n) is 3.02. The van der Waals surface area contributed by atoms with Gasteiger partial charge in [0, 0.05) is 43.4 Å². The monoisotopic (exact) mass is 295 g/mol. The number of carbonyl (C=O) groups excluding carboxylic acids is 1. The number of nitrogens with zero attached hydrogens (tertiary/aromatic N) is 2. The highest BCUT2D eigenvalue weighted by Crippen LogP contribution is 2.26. The Morgan fingerprint density at radius 3 is 2.64 bits per heavy atom. The van der Waals surface area contributed by atoms with Gasteiger partial charge in [0.1, 0.15) is 0 Å². The summed E-state index contributed by atoms with van der Waals surface area (Å²) in [6.45, 7) is 1.35. The summed E-state index contributed by atoms with van der Waals surface area (Å²) in [7, 11) is 0. The molecule has 3 rings (SSSR count). The number of nitrogens with two attached hydrogens (primary N) is 1. The minimum atomic E-state index is 0.0150. The van der Waals surface area contributed by atoms with Crippen molar-refractivity contribution in [2.45, 2.75) is 24.8 Å². The molecule has 0 bridgehead atoms. The normalized spacial score (nSPS) is 21.0. The maximum Gasteiger partial charge on any atom is 0.223 e. The van der Waals surface area contributed by atoms with Crippen LogP contribution in [0.25, 0.3) is 0 Å². The average molecular weight is 295 g/mol. The molecule has 0 radical (unpaired) electrons. The van der Waals surface area contributed by atoms with E-state index in [1.54, 1.807) is 6.20 Å². The van der Waals surface area contributed by atoms with Crippen molar-refractivity contribution in [1.82, 2.24) is 9.88 Å². The van der Waals surface area contributed by atoms with E-state index in [2.05, 4.69) is 17.1 Å². The zero-order valence-electron chi connectivity index (χ0n) is 12.6. The second-order valence-electron chi connectivity index (χ2n) is 5.80. The Kier molecular flexibility index (Phi) is 4.49. The van der Waals surface area contributed by atoms with Crippen LogP contribution in [0, 0.1) is 0 Å². The van der Waals surface area contributed by atoms with Crippen LogP contribution in [0.3, 0.4) is 0 Å². The largest absolute Gasteiger partial charge is 0.340 e. The number of aryl methyl sites for hydroxylation is 1. The number of pyridine rings is 1. The van der Waals surface area contributed by atoms with Crippen LogP contribution in [0.2, 0.25) is 0 Å². The van der Waals surface area contributed by atoms with E-state index in [4.69, 9.17) is 5.73 Å². The van der Waals surface area contributed by atoms with E-state index < -0.39 is 0 Å². The van der Waals surface area contributed by atoms with Crippen LogP contribution >= 0.6 is 0 Å². The van der Waals surface area contributed by atoms with Crippen LogP contribution in [0.1, 0.15) is 23.6 Å². The maximum absolute atomic E-state index is 12.4. The van der Waals surface area contributed by atoms with Crippen molar-refractivity contribution in [3.8, 4) is 0 Å². The summed E-state index contributed by atoms with van der Waals surface area (Å²) >= 11 is 0. The molecule has 0 aliphatic carbocycles. The number of likely N-dealkylation sites (tertiary alicyclic amines) is 1. The van der Waals surface area contributed by atoms with Crippen LogP contribution in [0.5, 0.6) is 0 Å². The molecule has 1 saturated heterocycles. The highest BCUT2D eigenvalue weighted by Gasteiger charge is 2.33. The fourth-order valence-corrected chi connectivity index (χ4v) is 3.02. The van der Waals surface area contributed by atoms with Gasteiger partial charge in [0.15, 0.2) is 0 Å². The second-order valence-corrected chi connectivity index (χ2v) is 5.80. The van der Waals surface area contributed by atoms with Crippen molar-refractivity contribution in [2.24, 2.45) is 5.73 Å². The predicted octanol–water partition coefficient (Wildman–Crippen LogP) is 1.97. The molecule has 1 aromatic heterocycles. The van der Waals surface area contributed by atoms with Crippen molar-refractivity contribution < 1.29 is 4.79 Å². The van der Waals surface area contributed by atoms with Gasteiger partial charge in [0.2, 0.25) is 5.91 Å². The van der Waals surface area contributed by atoms with E-state index in [1.807, 2.05) is 41.3 Å². The third-order valence-electron chi connectivity index (χ3n) is 4.27. The molecule has 1 amide bonds. The predicted molar refractivity (Wildman–Crippen MR) is 86.3 cm³/mol. The summed E-state index contributed by atoms with van der Waals surface area (Å²) in [5, 5.41) is 0. The molecule has 1 aliphatic rings. The summed E-state index contributed by atoms with van der Waals surface area (Å²) in [6, 6.07) is 16.0. The maximum atomic E-state index is 12.4. The van der Waals surface area contributed by atoms with Gasteiger partial charge in [-0.25, -0.2) is 0 Å². The molecule has 2 heterocycles. The van der Waals surface area contributed by atoms with Crippen LogP contribution in [0.4, 0.5) is 0 Å². The van der Waals surface area contributed by atoms with E-state index in [0.717, 1.165) is 5.69 Å². The molecule has 1 aliphatic heterocycles. The minimum absolute atomic E-state index is 0.0150. The molecule has 114 valence electrons. The van der Waals surface area contributed by atoms with E-state index in [9.17, 15) is 4.79 Å². The summed E-state index contributed by atoms with van der Waals surface area (Å²) < 4.78 is 0. The molecule has 1 fully saturated rings. The Balaban J connectivity index is 1.58. The summed E-state index contributed by atoms with van der Waals surface area (Å²) in [5.74, 6) is 0.402. The molecular weight excluding hydrogens is 274 g/mol. The number of benzene rings is 1. The molecule has 4 heteroatoms. The Morgan fingerprint density at radius 1 is 1.14 bits per heavy atom. The van der Waals surface area contributed by atoms with Gasteiger partial charge < -0.3 is 10.6 Å². The van der Waals surface area contributed by atoms with Crippen molar-refractivity contribution >= 4 is 5.91 Å². The SMILES string of the molecule is N[C@H]1CN(C(=O)CCc2ccccn2)C[C@@H]1c1ccccc1. The average Bonchev–Trinajstić information content (AvgIpc) is 2.96. The first kappa shape index (κ1) is 14.7. The summed E-state index contributed by atoms with van der Waals surface area (Å²) in [6.07, 6.45) is 2.93. The van der Waals surface area contributed by atoms with Gasteiger partial charge in [-0.2, -0.15) is 0 Å². The lowest BCUT2D eigenvalue weighted by Gasteiger charge is -2.16. The number of hydrogen-bond acceptors (Lipinski definition) is 3. The van der Waals surface area contributed by atoms with Gasteiger partial charge in [-0.15, -0.1) is 0 Å². The Bertz CT molecular complexity index is 615. The van der Waals surface area contributed by atoms with Gasteiger partial charge in [0.25, 0.3) is 0 Å². The lowest BCUT2D eigenvalue weighted by atomic mass is 9.95. The Labute approximate surface area is 131 Å². The third kappa shape index (κ3) is 3.34. The quantitative estimate of drug-likeness (QED) is 0.938. The highest BCUT2D eigenvalue weighted by molar-refractivity contribution is 5.77. The molecular formula is C18H21N3O. The molecule has 2 aromatic rings. The van der Waals surface area contributed by atoms with E-state index in [1.165, 1.54) is 5.56 Å². The van der Waals surface area contributed by atoms with E-state index in [-0.39, 0.29) is 17.9 Å². The molecule has 0 saturated carbocycles. The van der Waals surface area contributed by atoms with Gasteiger partial charge in [0.05, 0.1) is 0 Å². The first-order valence-corrected chi connectivity index (χ1v) is 7.72. The molecule has 2 atom stereocenters. The minimum Gasteiger partial charge on any atom is -0.340 e. The van der Waals surface area contributed by atoms with Gasteiger partial charge in [-0.05, 0) is 24.1 Å². The standard InChI is InChI=1S/C18H21N3O/c19-17-13-21(12-16(17)14-6-2-1-3-7-14)18(22)10-9-15-8-4-5-11-20-15/h1-8,11,16-17H,9-10,12-13,19H2/t16-,17+/m1/s1. The second kappa shape index (κ2) is 6.71. The number of carbonyl (C=O) groups is 1.